The molecule has 0 aliphatic rings. The number of alkyl halides is 1. The molecule has 1 heterocycles. The standard InChI is InChI=1S/C20H21Cl2N3/c21-10-12-25(15-14-24-13-11-23-16-24)20(17-4-2-1-3-5-17)18-6-8-19(22)9-7-18/h1-9,11,13,16,20H,10,12,14-15H2. The summed E-state index contributed by atoms with van der Waals surface area (Å²) in [5, 5.41) is 0.748. The molecule has 0 saturated carbocycles. The van der Waals surface area contributed by atoms with Crippen LogP contribution >= 0.6 is 23.2 Å². The van der Waals surface area contributed by atoms with Gasteiger partial charge in [0.1, 0.15) is 0 Å². The zero-order valence-electron chi connectivity index (χ0n) is 13.9. The van der Waals surface area contributed by atoms with Crippen LogP contribution in [0, 0.1) is 0 Å². The first-order valence-corrected chi connectivity index (χ1v) is 9.25. The van der Waals surface area contributed by atoms with Crippen molar-refractivity contribution in [3.8, 4) is 0 Å². The molecule has 0 bridgehead atoms. The van der Waals surface area contributed by atoms with Crippen LogP contribution in [0.2, 0.25) is 5.02 Å². The van der Waals surface area contributed by atoms with Crippen molar-refractivity contribution in [1.29, 1.82) is 0 Å². The van der Waals surface area contributed by atoms with Crippen LogP contribution in [0.5, 0.6) is 0 Å². The van der Waals surface area contributed by atoms with Gasteiger partial charge in [0.2, 0.25) is 0 Å². The summed E-state index contributed by atoms with van der Waals surface area (Å²) in [4.78, 5) is 6.53. The minimum Gasteiger partial charge on any atom is -0.336 e. The van der Waals surface area contributed by atoms with E-state index in [4.69, 9.17) is 23.2 Å². The van der Waals surface area contributed by atoms with Crippen LogP contribution in [-0.4, -0.2) is 33.4 Å². The molecule has 5 heteroatoms. The molecule has 0 amide bonds. The van der Waals surface area contributed by atoms with E-state index in [0.29, 0.717) is 5.88 Å². The molecule has 25 heavy (non-hydrogen) atoms. The van der Waals surface area contributed by atoms with E-state index in [1.165, 1.54) is 11.1 Å². The van der Waals surface area contributed by atoms with E-state index in [2.05, 4.69) is 50.8 Å². The van der Waals surface area contributed by atoms with Gasteiger partial charge in [-0.05, 0) is 23.3 Å². The van der Waals surface area contributed by atoms with E-state index in [-0.39, 0.29) is 6.04 Å². The van der Waals surface area contributed by atoms with Gasteiger partial charge in [-0.15, -0.1) is 11.6 Å². The van der Waals surface area contributed by atoms with Crippen molar-refractivity contribution in [2.45, 2.75) is 12.6 Å². The minimum absolute atomic E-state index is 0.140. The van der Waals surface area contributed by atoms with Gasteiger partial charge in [0.05, 0.1) is 12.4 Å². The molecule has 0 saturated heterocycles. The molecule has 3 rings (SSSR count). The molecule has 3 aromatic rings. The minimum atomic E-state index is 0.140. The van der Waals surface area contributed by atoms with Crippen molar-refractivity contribution in [2.24, 2.45) is 0 Å². The Morgan fingerprint density at radius 3 is 2.32 bits per heavy atom. The van der Waals surface area contributed by atoms with Crippen LogP contribution in [-0.2, 0) is 6.54 Å². The van der Waals surface area contributed by atoms with Gasteiger partial charge in [0.15, 0.2) is 0 Å². The number of aromatic nitrogens is 2. The van der Waals surface area contributed by atoms with E-state index in [1.807, 2.05) is 30.7 Å². The Bertz CT molecular complexity index is 742. The fourth-order valence-electron chi connectivity index (χ4n) is 3.04. The van der Waals surface area contributed by atoms with Crippen LogP contribution in [0.3, 0.4) is 0 Å². The predicted molar refractivity (Wildman–Crippen MR) is 104 cm³/mol. The second kappa shape index (κ2) is 9.04. The third-order valence-electron chi connectivity index (χ3n) is 4.24. The van der Waals surface area contributed by atoms with Crippen molar-refractivity contribution in [1.82, 2.24) is 14.5 Å². The van der Waals surface area contributed by atoms with Crippen molar-refractivity contribution in [3.05, 3.63) is 89.5 Å². The monoisotopic (exact) mass is 373 g/mol. The topological polar surface area (TPSA) is 21.1 Å². The van der Waals surface area contributed by atoms with Crippen LogP contribution in [0.15, 0.2) is 73.3 Å². The Morgan fingerprint density at radius 1 is 0.960 bits per heavy atom. The smallest absolute Gasteiger partial charge is 0.0946 e. The van der Waals surface area contributed by atoms with Gasteiger partial charge in [-0.1, -0.05) is 54.1 Å². The Balaban J connectivity index is 1.90. The number of hydrogen-bond donors (Lipinski definition) is 0. The third-order valence-corrected chi connectivity index (χ3v) is 4.66. The molecule has 1 aromatic heterocycles. The molecule has 0 aliphatic carbocycles. The molecule has 0 spiro atoms. The fourth-order valence-corrected chi connectivity index (χ4v) is 3.38. The molecular weight excluding hydrogens is 353 g/mol. The van der Waals surface area contributed by atoms with Gasteiger partial charge < -0.3 is 4.57 Å². The molecule has 0 aliphatic heterocycles. The lowest BCUT2D eigenvalue weighted by Crippen LogP contribution is -2.34. The maximum atomic E-state index is 6.12. The normalized spacial score (nSPS) is 12.4. The summed E-state index contributed by atoms with van der Waals surface area (Å²) in [7, 11) is 0. The highest BCUT2D eigenvalue weighted by atomic mass is 35.5. The Hall–Kier alpha value is -1.81. The number of imidazole rings is 1. The summed E-state index contributed by atoms with van der Waals surface area (Å²) < 4.78 is 2.09. The molecule has 0 N–H and O–H groups in total. The van der Waals surface area contributed by atoms with Gasteiger partial charge in [-0.2, -0.15) is 0 Å². The van der Waals surface area contributed by atoms with Crippen LogP contribution in [0.25, 0.3) is 0 Å². The summed E-state index contributed by atoms with van der Waals surface area (Å²) in [6.07, 6.45) is 5.64. The Morgan fingerprint density at radius 2 is 1.68 bits per heavy atom. The average molecular weight is 374 g/mol. The molecule has 0 fully saturated rings. The van der Waals surface area contributed by atoms with Gasteiger partial charge in [-0.25, -0.2) is 4.98 Å². The first kappa shape index (κ1) is 18.0. The summed E-state index contributed by atoms with van der Waals surface area (Å²) in [6.45, 7) is 2.55. The van der Waals surface area contributed by atoms with E-state index in [0.717, 1.165) is 24.7 Å². The van der Waals surface area contributed by atoms with Crippen LogP contribution < -0.4 is 0 Å². The summed E-state index contributed by atoms with van der Waals surface area (Å²) in [6, 6.07) is 18.7. The van der Waals surface area contributed by atoms with E-state index in [9.17, 15) is 0 Å². The highest BCUT2D eigenvalue weighted by Crippen LogP contribution is 2.29. The van der Waals surface area contributed by atoms with Crippen molar-refractivity contribution >= 4 is 23.2 Å². The lowest BCUT2D eigenvalue weighted by molar-refractivity contribution is 0.229. The fraction of sp³-hybridized carbons (Fsp3) is 0.250. The highest BCUT2D eigenvalue weighted by Gasteiger charge is 2.21. The zero-order valence-corrected chi connectivity index (χ0v) is 15.4. The second-order valence-corrected chi connectivity index (χ2v) is 6.70. The second-order valence-electron chi connectivity index (χ2n) is 5.89. The third kappa shape index (κ3) is 4.85. The first-order chi connectivity index (χ1) is 12.3. The summed E-state index contributed by atoms with van der Waals surface area (Å²) in [5.74, 6) is 0.584. The number of nitrogens with zero attached hydrogens (tertiary/aromatic N) is 3. The highest BCUT2D eigenvalue weighted by molar-refractivity contribution is 6.30. The Kier molecular flexibility index (Phi) is 6.51. The van der Waals surface area contributed by atoms with Gasteiger partial charge in [-0.3, -0.25) is 4.90 Å². The zero-order chi connectivity index (χ0) is 17.5. The molecular formula is C20H21Cl2N3. The van der Waals surface area contributed by atoms with E-state index < -0.39 is 0 Å². The maximum absolute atomic E-state index is 6.12. The predicted octanol–water partition coefficient (Wildman–Crippen LogP) is 4.87. The number of hydrogen-bond acceptors (Lipinski definition) is 2. The largest absolute Gasteiger partial charge is 0.336 e. The quantitative estimate of drug-likeness (QED) is 0.525. The SMILES string of the molecule is ClCCN(CCn1ccnc1)C(c1ccccc1)c1ccc(Cl)cc1. The van der Waals surface area contributed by atoms with E-state index in [1.54, 1.807) is 6.20 Å². The molecule has 1 unspecified atom stereocenters. The first-order valence-electron chi connectivity index (χ1n) is 8.34. The van der Waals surface area contributed by atoms with Gasteiger partial charge >= 0.3 is 0 Å². The van der Waals surface area contributed by atoms with Gasteiger partial charge in [0.25, 0.3) is 0 Å². The lowest BCUT2D eigenvalue weighted by atomic mass is 9.97. The van der Waals surface area contributed by atoms with Crippen molar-refractivity contribution in [2.75, 3.05) is 19.0 Å². The Labute approximate surface area is 158 Å². The molecule has 1 atom stereocenters. The number of rotatable bonds is 8. The molecule has 0 radical (unpaired) electrons. The molecule has 130 valence electrons. The van der Waals surface area contributed by atoms with Crippen LogP contribution in [0.1, 0.15) is 17.2 Å². The van der Waals surface area contributed by atoms with Crippen molar-refractivity contribution < 1.29 is 0 Å². The molecule has 2 aromatic carbocycles. The maximum Gasteiger partial charge on any atom is 0.0946 e. The lowest BCUT2D eigenvalue weighted by Gasteiger charge is -2.32. The summed E-state index contributed by atoms with van der Waals surface area (Å²) >= 11 is 12.2. The van der Waals surface area contributed by atoms with Crippen molar-refractivity contribution in [3.63, 3.8) is 0 Å². The summed E-state index contributed by atoms with van der Waals surface area (Å²) in [5.41, 5.74) is 2.46. The number of halogens is 2. The average Bonchev–Trinajstić information content (AvgIpc) is 3.16. The van der Waals surface area contributed by atoms with E-state index >= 15 is 0 Å². The van der Waals surface area contributed by atoms with Crippen LogP contribution in [0.4, 0.5) is 0 Å². The number of benzene rings is 2. The van der Waals surface area contributed by atoms with Gasteiger partial charge in [0, 0.05) is 42.9 Å². The molecule has 3 nitrogen and oxygen atoms in total.